The molecule has 0 saturated carbocycles. The number of hydrogen-bond acceptors (Lipinski definition) is 4. The molecule has 0 aliphatic rings. The molecule has 1 heterocycles. The maximum Gasteiger partial charge on any atom is 0.333 e. The molecule has 0 amide bonds. The quantitative estimate of drug-likeness (QED) is 0.700. The van der Waals surface area contributed by atoms with Crippen molar-refractivity contribution in [1.82, 2.24) is 0 Å². The molecule has 0 radical (unpaired) electrons. The predicted octanol–water partition coefficient (Wildman–Crippen LogP) is 3.43. The minimum atomic E-state index is 0.432. The standard InChI is InChI=1S/C13H22O4/c1-5-9-10-11(14-6-2)12(15-7-3)13(17-10)16-8-4/h5-9H2,1-4H3. The Kier molecular flexibility index (Phi) is 5.73. The Bertz CT molecular complexity index is 300. The summed E-state index contributed by atoms with van der Waals surface area (Å²) >= 11 is 0. The molecule has 0 unspecified atom stereocenters. The number of rotatable bonds is 8. The van der Waals surface area contributed by atoms with Crippen molar-refractivity contribution in [3.63, 3.8) is 0 Å². The van der Waals surface area contributed by atoms with E-state index in [-0.39, 0.29) is 0 Å². The Morgan fingerprint density at radius 1 is 0.824 bits per heavy atom. The maximum absolute atomic E-state index is 5.66. The Morgan fingerprint density at radius 2 is 1.41 bits per heavy atom. The van der Waals surface area contributed by atoms with Crippen LogP contribution in [-0.2, 0) is 6.42 Å². The molecule has 4 nitrogen and oxygen atoms in total. The van der Waals surface area contributed by atoms with Gasteiger partial charge in [-0.2, -0.15) is 0 Å². The summed E-state index contributed by atoms with van der Waals surface area (Å²) in [5.74, 6) is 2.53. The molecule has 0 bridgehead atoms. The molecule has 1 rings (SSSR count). The lowest BCUT2D eigenvalue weighted by Crippen LogP contribution is -1.99. The molecule has 4 heteroatoms. The minimum Gasteiger partial charge on any atom is -0.487 e. The van der Waals surface area contributed by atoms with Crippen LogP contribution in [0.5, 0.6) is 17.4 Å². The Morgan fingerprint density at radius 3 is 1.94 bits per heavy atom. The Hall–Kier alpha value is -1.32. The van der Waals surface area contributed by atoms with Gasteiger partial charge in [-0.15, -0.1) is 0 Å². The third kappa shape index (κ3) is 3.32. The van der Waals surface area contributed by atoms with Crippen LogP contribution >= 0.6 is 0 Å². The fourth-order valence-corrected chi connectivity index (χ4v) is 1.60. The van der Waals surface area contributed by atoms with Crippen molar-refractivity contribution in [3.05, 3.63) is 5.76 Å². The van der Waals surface area contributed by atoms with Crippen molar-refractivity contribution in [3.8, 4) is 17.4 Å². The molecular formula is C13H22O4. The zero-order chi connectivity index (χ0) is 12.7. The second kappa shape index (κ2) is 7.09. The van der Waals surface area contributed by atoms with E-state index in [0.29, 0.717) is 37.3 Å². The summed E-state index contributed by atoms with van der Waals surface area (Å²) in [6.45, 7) is 9.58. The summed E-state index contributed by atoms with van der Waals surface area (Å²) < 4.78 is 22.2. The molecule has 0 spiro atoms. The lowest BCUT2D eigenvalue weighted by molar-refractivity contribution is 0.225. The number of furan rings is 1. The van der Waals surface area contributed by atoms with Crippen LogP contribution in [0.25, 0.3) is 0 Å². The molecule has 0 atom stereocenters. The zero-order valence-electron chi connectivity index (χ0n) is 11.2. The van der Waals surface area contributed by atoms with Gasteiger partial charge >= 0.3 is 5.95 Å². The average molecular weight is 242 g/mol. The SMILES string of the molecule is CCCc1oc(OCC)c(OCC)c1OCC. The van der Waals surface area contributed by atoms with E-state index in [0.717, 1.165) is 18.6 Å². The summed E-state index contributed by atoms with van der Waals surface area (Å²) in [7, 11) is 0. The third-order valence-corrected chi connectivity index (χ3v) is 2.19. The minimum absolute atomic E-state index is 0.432. The van der Waals surface area contributed by atoms with Crippen molar-refractivity contribution in [2.75, 3.05) is 19.8 Å². The van der Waals surface area contributed by atoms with E-state index in [1.54, 1.807) is 0 Å². The first-order valence-electron chi connectivity index (χ1n) is 6.32. The molecule has 0 aliphatic heterocycles. The van der Waals surface area contributed by atoms with E-state index in [1.807, 2.05) is 20.8 Å². The molecule has 0 aromatic carbocycles. The van der Waals surface area contributed by atoms with Gasteiger partial charge in [0.05, 0.1) is 19.8 Å². The molecule has 0 saturated heterocycles. The second-order valence-corrected chi connectivity index (χ2v) is 3.52. The molecule has 1 aromatic rings. The molecule has 0 N–H and O–H groups in total. The summed E-state index contributed by atoms with van der Waals surface area (Å²) in [5, 5.41) is 0. The van der Waals surface area contributed by atoms with Gasteiger partial charge in [-0.25, -0.2) is 0 Å². The van der Waals surface area contributed by atoms with E-state index in [9.17, 15) is 0 Å². The van der Waals surface area contributed by atoms with E-state index < -0.39 is 0 Å². The van der Waals surface area contributed by atoms with E-state index in [2.05, 4.69) is 6.92 Å². The van der Waals surface area contributed by atoms with Gasteiger partial charge in [0, 0.05) is 6.42 Å². The normalized spacial score (nSPS) is 10.4. The van der Waals surface area contributed by atoms with Gasteiger partial charge in [0.1, 0.15) is 0 Å². The molecule has 0 aliphatic carbocycles. The highest BCUT2D eigenvalue weighted by atomic mass is 16.6. The highest BCUT2D eigenvalue weighted by molar-refractivity contribution is 5.50. The van der Waals surface area contributed by atoms with E-state index in [1.165, 1.54) is 0 Å². The first kappa shape index (κ1) is 13.7. The molecule has 17 heavy (non-hydrogen) atoms. The van der Waals surface area contributed by atoms with Crippen LogP contribution in [0.3, 0.4) is 0 Å². The van der Waals surface area contributed by atoms with Gasteiger partial charge in [-0.1, -0.05) is 6.92 Å². The fraction of sp³-hybridized carbons (Fsp3) is 0.692. The van der Waals surface area contributed by atoms with Gasteiger partial charge in [0.2, 0.25) is 11.5 Å². The van der Waals surface area contributed by atoms with Crippen LogP contribution in [0.4, 0.5) is 0 Å². The van der Waals surface area contributed by atoms with Crippen LogP contribution in [0.1, 0.15) is 39.9 Å². The smallest absolute Gasteiger partial charge is 0.333 e. The van der Waals surface area contributed by atoms with Crippen molar-refractivity contribution in [2.24, 2.45) is 0 Å². The zero-order valence-corrected chi connectivity index (χ0v) is 11.2. The summed E-state index contributed by atoms with van der Waals surface area (Å²) in [5.41, 5.74) is 0. The summed E-state index contributed by atoms with van der Waals surface area (Å²) in [6, 6.07) is 0. The van der Waals surface area contributed by atoms with Crippen LogP contribution in [0.15, 0.2) is 4.42 Å². The first-order chi connectivity index (χ1) is 8.28. The average Bonchev–Trinajstić information content (AvgIpc) is 2.61. The first-order valence-corrected chi connectivity index (χ1v) is 6.32. The fourth-order valence-electron chi connectivity index (χ4n) is 1.60. The van der Waals surface area contributed by atoms with Gasteiger partial charge < -0.3 is 18.6 Å². The molecule has 98 valence electrons. The van der Waals surface area contributed by atoms with Gasteiger partial charge in [-0.3, -0.25) is 0 Å². The van der Waals surface area contributed by atoms with Crippen molar-refractivity contribution in [1.29, 1.82) is 0 Å². The van der Waals surface area contributed by atoms with Crippen LogP contribution in [0, 0.1) is 0 Å². The lowest BCUT2D eigenvalue weighted by atomic mass is 10.2. The highest BCUT2D eigenvalue weighted by Gasteiger charge is 2.23. The topological polar surface area (TPSA) is 40.8 Å². The van der Waals surface area contributed by atoms with Crippen LogP contribution in [0.2, 0.25) is 0 Å². The van der Waals surface area contributed by atoms with Gasteiger partial charge in [0.15, 0.2) is 5.76 Å². The molecular weight excluding hydrogens is 220 g/mol. The van der Waals surface area contributed by atoms with Crippen molar-refractivity contribution >= 4 is 0 Å². The summed E-state index contributed by atoms with van der Waals surface area (Å²) in [6.07, 6.45) is 1.81. The van der Waals surface area contributed by atoms with Crippen molar-refractivity contribution < 1.29 is 18.6 Å². The Labute approximate surface area is 103 Å². The van der Waals surface area contributed by atoms with Gasteiger partial charge in [-0.05, 0) is 27.2 Å². The number of aryl methyl sites for hydroxylation is 1. The second-order valence-electron chi connectivity index (χ2n) is 3.52. The third-order valence-electron chi connectivity index (χ3n) is 2.19. The highest BCUT2D eigenvalue weighted by Crippen LogP contribution is 2.44. The van der Waals surface area contributed by atoms with Crippen LogP contribution in [-0.4, -0.2) is 19.8 Å². The van der Waals surface area contributed by atoms with Crippen molar-refractivity contribution in [2.45, 2.75) is 40.5 Å². The lowest BCUT2D eigenvalue weighted by Gasteiger charge is -2.07. The summed E-state index contributed by atoms with van der Waals surface area (Å²) in [4.78, 5) is 0. The molecule has 0 fully saturated rings. The van der Waals surface area contributed by atoms with E-state index in [4.69, 9.17) is 18.6 Å². The predicted molar refractivity (Wildman–Crippen MR) is 66.2 cm³/mol. The van der Waals surface area contributed by atoms with E-state index >= 15 is 0 Å². The number of hydrogen-bond donors (Lipinski definition) is 0. The number of ether oxygens (including phenoxy) is 3. The maximum atomic E-state index is 5.66. The monoisotopic (exact) mass is 242 g/mol. The van der Waals surface area contributed by atoms with Gasteiger partial charge in [0.25, 0.3) is 0 Å². The molecule has 1 aromatic heterocycles. The van der Waals surface area contributed by atoms with Crippen LogP contribution < -0.4 is 14.2 Å². The Balaban J connectivity index is 3.07. The largest absolute Gasteiger partial charge is 0.487 e.